The number of nitrogens with zero attached hydrogens (tertiary/aromatic N) is 2. The molecule has 2 heterocycles. The molecule has 1 unspecified atom stereocenters. The van der Waals surface area contributed by atoms with Gasteiger partial charge in [0, 0.05) is 6.20 Å². The highest BCUT2D eigenvalue weighted by Gasteiger charge is 2.27. The molecule has 0 amide bonds. The summed E-state index contributed by atoms with van der Waals surface area (Å²) in [6.45, 7) is 0.333. The summed E-state index contributed by atoms with van der Waals surface area (Å²) in [5.41, 5.74) is 4.72. The van der Waals surface area contributed by atoms with E-state index < -0.39 is 5.69 Å². The normalized spacial score (nSPS) is 25.7. The molecule has 0 saturated carbocycles. The van der Waals surface area contributed by atoms with Crippen molar-refractivity contribution in [1.82, 2.24) is 9.55 Å². The molecule has 2 atom stereocenters. The summed E-state index contributed by atoms with van der Waals surface area (Å²) >= 11 is 1.39. The van der Waals surface area contributed by atoms with E-state index in [1.807, 2.05) is 0 Å². The molecule has 0 spiro atoms. The van der Waals surface area contributed by atoms with Gasteiger partial charge >= 0.3 is 5.69 Å². The van der Waals surface area contributed by atoms with E-state index in [1.54, 1.807) is 12.3 Å². The quantitative estimate of drug-likeness (QED) is 0.704. The van der Waals surface area contributed by atoms with E-state index in [0.717, 1.165) is 0 Å². The number of aromatic nitrogens is 2. The molecule has 1 saturated heterocycles. The predicted molar refractivity (Wildman–Crippen MR) is 56.4 cm³/mol. The van der Waals surface area contributed by atoms with Crippen molar-refractivity contribution in [2.24, 2.45) is 0 Å². The zero-order valence-corrected chi connectivity index (χ0v) is 8.68. The van der Waals surface area contributed by atoms with E-state index in [9.17, 15) is 4.79 Å². The Morgan fingerprint density at radius 2 is 2.60 bits per heavy atom. The number of anilines is 1. The first kappa shape index (κ1) is 10.5. The van der Waals surface area contributed by atoms with Gasteiger partial charge in [-0.25, -0.2) is 4.79 Å². The van der Waals surface area contributed by atoms with Crippen LogP contribution in [0.2, 0.25) is 0 Å². The van der Waals surface area contributed by atoms with Gasteiger partial charge in [-0.15, -0.1) is 11.8 Å². The predicted octanol–water partition coefficient (Wildman–Crippen LogP) is -0.594. The summed E-state index contributed by atoms with van der Waals surface area (Å²) in [6, 6.07) is 1.56. The molecule has 7 heteroatoms. The highest BCUT2D eigenvalue weighted by molar-refractivity contribution is 8.00. The number of hydrogen-bond donors (Lipinski definition) is 2. The molecular formula is C8H11N3O3S. The van der Waals surface area contributed by atoms with Crippen LogP contribution in [0, 0.1) is 0 Å². The van der Waals surface area contributed by atoms with Crippen molar-refractivity contribution < 1.29 is 9.84 Å². The lowest BCUT2D eigenvalue weighted by Crippen LogP contribution is -2.26. The van der Waals surface area contributed by atoms with E-state index in [1.165, 1.54) is 16.3 Å². The summed E-state index contributed by atoms with van der Waals surface area (Å²) in [5.74, 6) is 0.207. The fourth-order valence-corrected chi connectivity index (χ4v) is 2.37. The van der Waals surface area contributed by atoms with Gasteiger partial charge in [-0.1, -0.05) is 0 Å². The largest absolute Gasteiger partial charge is 0.393 e. The first-order valence-electron chi connectivity index (χ1n) is 4.43. The third-order valence-corrected chi connectivity index (χ3v) is 3.31. The van der Waals surface area contributed by atoms with E-state index in [0.29, 0.717) is 6.61 Å². The molecule has 15 heavy (non-hydrogen) atoms. The fraction of sp³-hybridized carbons (Fsp3) is 0.500. The van der Waals surface area contributed by atoms with E-state index in [-0.39, 0.29) is 23.2 Å². The standard InChI is InChI=1S/C8H11N3O3S/c9-5-1-2-11(8(13)10-5)6-4-14-7(3-12)15-6/h1-2,6-7,12H,3-4H2,(H2,9,10,13)/t6-,7?/m0/s1. The maximum atomic E-state index is 11.5. The molecule has 1 aromatic rings. The first-order chi connectivity index (χ1) is 7.20. The van der Waals surface area contributed by atoms with Crippen LogP contribution in [-0.4, -0.2) is 33.3 Å². The van der Waals surface area contributed by atoms with Crippen molar-refractivity contribution in [3.05, 3.63) is 22.7 Å². The van der Waals surface area contributed by atoms with Crippen molar-refractivity contribution >= 4 is 17.6 Å². The Morgan fingerprint density at radius 1 is 1.80 bits per heavy atom. The minimum Gasteiger partial charge on any atom is -0.393 e. The number of hydrogen-bond acceptors (Lipinski definition) is 6. The Labute approximate surface area is 90.1 Å². The molecule has 1 aromatic heterocycles. The van der Waals surface area contributed by atoms with E-state index in [2.05, 4.69) is 4.98 Å². The van der Waals surface area contributed by atoms with Crippen LogP contribution in [0.3, 0.4) is 0 Å². The summed E-state index contributed by atoms with van der Waals surface area (Å²) < 4.78 is 6.70. The number of ether oxygens (including phenoxy) is 1. The van der Waals surface area contributed by atoms with Crippen molar-refractivity contribution in [2.45, 2.75) is 10.8 Å². The van der Waals surface area contributed by atoms with Crippen LogP contribution in [0.15, 0.2) is 17.1 Å². The zero-order valence-electron chi connectivity index (χ0n) is 7.87. The number of aliphatic hydroxyl groups excluding tert-OH is 1. The second-order valence-electron chi connectivity index (χ2n) is 3.08. The average molecular weight is 229 g/mol. The maximum Gasteiger partial charge on any atom is 0.350 e. The molecule has 82 valence electrons. The SMILES string of the molecule is Nc1ccn([C@@H]2COC(CO)S2)c(=O)n1. The molecule has 0 radical (unpaired) electrons. The summed E-state index contributed by atoms with van der Waals surface area (Å²) in [7, 11) is 0. The Hall–Kier alpha value is -1.05. The summed E-state index contributed by atoms with van der Waals surface area (Å²) in [6.07, 6.45) is 1.59. The van der Waals surface area contributed by atoms with Gasteiger partial charge in [0.2, 0.25) is 0 Å². The minimum atomic E-state index is -0.394. The lowest BCUT2D eigenvalue weighted by Gasteiger charge is -2.10. The van der Waals surface area contributed by atoms with E-state index >= 15 is 0 Å². The average Bonchev–Trinajstić information content (AvgIpc) is 2.66. The molecule has 2 rings (SSSR count). The van der Waals surface area contributed by atoms with Gasteiger partial charge in [0.25, 0.3) is 0 Å². The molecule has 0 bridgehead atoms. The molecule has 1 aliphatic heterocycles. The molecule has 3 N–H and O–H groups in total. The molecule has 0 aromatic carbocycles. The summed E-state index contributed by atoms with van der Waals surface area (Å²) in [5, 5.41) is 8.74. The van der Waals surface area contributed by atoms with Crippen LogP contribution in [0.4, 0.5) is 5.82 Å². The Kier molecular flexibility index (Phi) is 2.94. The minimum absolute atomic E-state index is 0.0572. The number of thioether (sulfide) groups is 1. The molecule has 6 nitrogen and oxygen atoms in total. The zero-order chi connectivity index (χ0) is 10.8. The molecule has 0 aliphatic carbocycles. The van der Waals surface area contributed by atoms with Crippen LogP contribution in [0.25, 0.3) is 0 Å². The maximum absolute atomic E-state index is 11.5. The van der Waals surface area contributed by atoms with Gasteiger partial charge in [0.05, 0.1) is 13.2 Å². The highest BCUT2D eigenvalue weighted by atomic mass is 32.2. The molecule has 1 fully saturated rings. The van der Waals surface area contributed by atoms with Crippen LogP contribution in [0.1, 0.15) is 5.37 Å². The van der Waals surface area contributed by atoms with Gasteiger partial charge in [-0.3, -0.25) is 4.57 Å². The first-order valence-corrected chi connectivity index (χ1v) is 5.37. The van der Waals surface area contributed by atoms with Crippen molar-refractivity contribution in [2.75, 3.05) is 18.9 Å². The van der Waals surface area contributed by atoms with Crippen molar-refractivity contribution in [3.8, 4) is 0 Å². The van der Waals surface area contributed by atoms with Gasteiger partial charge in [0.15, 0.2) is 0 Å². The third-order valence-electron chi connectivity index (χ3n) is 2.04. The van der Waals surface area contributed by atoms with Crippen molar-refractivity contribution in [3.63, 3.8) is 0 Å². The second-order valence-corrected chi connectivity index (χ2v) is 4.42. The Morgan fingerprint density at radius 3 is 3.20 bits per heavy atom. The Bertz CT molecular complexity index is 408. The Balaban J connectivity index is 2.20. The monoisotopic (exact) mass is 229 g/mol. The fourth-order valence-electron chi connectivity index (χ4n) is 1.33. The van der Waals surface area contributed by atoms with Crippen molar-refractivity contribution in [1.29, 1.82) is 0 Å². The van der Waals surface area contributed by atoms with Crippen LogP contribution >= 0.6 is 11.8 Å². The third kappa shape index (κ3) is 2.14. The van der Waals surface area contributed by atoms with Crippen LogP contribution < -0.4 is 11.4 Å². The van der Waals surface area contributed by atoms with Crippen LogP contribution in [0.5, 0.6) is 0 Å². The van der Waals surface area contributed by atoms with Gasteiger partial charge < -0.3 is 15.6 Å². The smallest absolute Gasteiger partial charge is 0.350 e. The molecular weight excluding hydrogens is 218 g/mol. The summed E-state index contributed by atoms with van der Waals surface area (Å²) in [4.78, 5) is 15.1. The van der Waals surface area contributed by atoms with Gasteiger partial charge in [0.1, 0.15) is 16.6 Å². The number of aliphatic hydroxyl groups is 1. The van der Waals surface area contributed by atoms with E-state index in [4.69, 9.17) is 15.6 Å². The number of nitrogen functional groups attached to an aromatic ring is 1. The second kappa shape index (κ2) is 4.21. The number of nitrogens with two attached hydrogens (primary N) is 1. The van der Waals surface area contributed by atoms with Gasteiger partial charge in [-0.05, 0) is 6.07 Å². The molecule has 1 aliphatic rings. The van der Waals surface area contributed by atoms with Crippen LogP contribution in [-0.2, 0) is 4.74 Å². The topological polar surface area (TPSA) is 90.4 Å². The lowest BCUT2D eigenvalue weighted by atomic mass is 10.5. The lowest BCUT2D eigenvalue weighted by molar-refractivity contribution is 0.0803. The highest BCUT2D eigenvalue weighted by Crippen LogP contribution is 2.34. The van der Waals surface area contributed by atoms with Gasteiger partial charge in [-0.2, -0.15) is 4.98 Å². The number of rotatable bonds is 2.